The first kappa shape index (κ1) is 16.0. The average molecular weight is 333 g/mol. The van der Waals surface area contributed by atoms with Crippen LogP contribution in [0.25, 0.3) is 0 Å². The molecule has 0 atom stereocenters. The Morgan fingerprint density at radius 1 is 1.13 bits per heavy atom. The molecule has 0 saturated carbocycles. The maximum absolute atomic E-state index is 6.35. The van der Waals surface area contributed by atoms with Crippen LogP contribution in [0.5, 0.6) is 0 Å². The molecule has 1 aliphatic rings. The Hall–Kier alpha value is -1.92. The SMILES string of the molecule is Cc1cc(C)c(Nc2cnnc(N3CCN(C)CC3)n2)c(Cl)c1. The number of aryl methyl sites for hydroxylation is 2. The third-order valence-electron chi connectivity index (χ3n) is 4.02. The predicted molar refractivity (Wildman–Crippen MR) is 93.7 cm³/mol. The number of likely N-dealkylation sites (N-methyl/N-ethyl adjacent to an activating group) is 1. The Balaban J connectivity index is 1.81. The van der Waals surface area contributed by atoms with Crippen molar-refractivity contribution in [2.45, 2.75) is 13.8 Å². The van der Waals surface area contributed by atoms with Gasteiger partial charge in [0.2, 0.25) is 5.95 Å². The number of nitrogens with one attached hydrogen (secondary N) is 1. The molecule has 0 aliphatic carbocycles. The van der Waals surface area contributed by atoms with Crippen molar-refractivity contribution >= 4 is 29.1 Å². The third-order valence-corrected chi connectivity index (χ3v) is 4.32. The molecule has 1 aromatic heterocycles. The molecular formula is C16H21ClN6. The van der Waals surface area contributed by atoms with E-state index in [1.165, 1.54) is 0 Å². The second-order valence-electron chi connectivity index (χ2n) is 6.00. The summed E-state index contributed by atoms with van der Waals surface area (Å²) in [5.74, 6) is 1.31. The first-order chi connectivity index (χ1) is 11.0. The number of halogens is 1. The van der Waals surface area contributed by atoms with Gasteiger partial charge in [-0.3, -0.25) is 0 Å². The summed E-state index contributed by atoms with van der Waals surface area (Å²) < 4.78 is 0. The van der Waals surface area contributed by atoms with Gasteiger partial charge in [0, 0.05) is 26.2 Å². The van der Waals surface area contributed by atoms with Gasteiger partial charge in [0.05, 0.1) is 16.9 Å². The van der Waals surface area contributed by atoms with E-state index in [1.807, 2.05) is 19.9 Å². The van der Waals surface area contributed by atoms with E-state index in [0.29, 0.717) is 16.8 Å². The van der Waals surface area contributed by atoms with Crippen LogP contribution in [-0.4, -0.2) is 53.3 Å². The van der Waals surface area contributed by atoms with Gasteiger partial charge < -0.3 is 15.1 Å². The van der Waals surface area contributed by atoms with Gasteiger partial charge in [-0.2, -0.15) is 10.1 Å². The lowest BCUT2D eigenvalue weighted by atomic mass is 10.1. The van der Waals surface area contributed by atoms with E-state index >= 15 is 0 Å². The van der Waals surface area contributed by atoms with Gasteiger partial charge in [0.1, 0.15) is 0 Å². The molecule has 1 saturated heterocycles. The summed E-state index contributed by atoms with van der Waals surface area (Å²) in [6.45, 7) is 7.88. The lowest BCUT2D eigenvalue weighted by molar-refractivity contribution is 0.311. The van der Waals surface area contributed by atoms with Crippen molar-refractivity contribution in [3.05, 3.63) is 34.5 Å². The number of hydrogen-bond donors (Lipinski definition) is 1. The number of piperazine rings is 1. The van der Waals surface area contributed by atoms with Crippen molar-refractivity contribution < 1.29 is 0 Å². The van der Waals surface area contributed by atoms with Crippen molar-refractivity contribution in [1.29, 1.82) is 0 Å². The molecule has 3 rings (SSSR count). The number of aromatic nitrogens is 3. The fourth-order valence-electron chi connectivity index (χ4n) is 2.70. The quantitative estimate of drug-likeness (QED) is 0.932. The predicted octanol–water partition coefficient (Wildman–Crippen LogP) is 2.64. The number of anilines is 3. The van der Waals surface area contributed by atoms with Crippen molar-refractivity contribution in [3.8, 4) is 0 Å². The van der Waals surface area contributed by atoms with Crippen LogP contribution in [0.4, 0.5) is 17.5 Å². The van der Waals surface area contributed by atoms with Crippen LogP contribution in [0, 0.1) is 13.8 Å². The number of hydrogen-bond acceptors (Lipinski definition) is 6. The van der Waals surface area contributed by atoms with Crippen LogP contribution < -0.4 is 10.2 Å². The van der Waals surface area contributed by atoms with Gasteiger partial charge >= 0.3 is 0 Å². The minimum atomic E-state index is 0.655. The Bertz CT molecular complexity index is 674. The summed E-state index contributed by atoms with van der Waals surface area (Å²) >= 11 is 6.35. The third kappa shape index (κ3) is 3.71. The fraction of sp³-hybridized carbons (Fsp3) is 0.438. The molecule has 23 heavy (non-hydrogen) atoms. The van der Waals surface area contributed by atoms with E-state index in [4.69, 9.17) is 11.6 Å². The Kier molecular flexibility index (Phi) is 4.63. The zero-order chi connectivity index (χ0) is 16.4. The second-order valence-corrected chi connectivity index (χ2v) is 6.40. The molecule has 1 aromatic carbocycles. The molecule has 2 heterocycles. The average Bonchev–Trinajstić information content (AvgIpc) is 2.52. The molecule has 6 nitrogen and oxygen atoms in total. The smallest absolute Gasteiger partial charge is 0.247 e. The van der Waals surface area contributed by atoms with Gasteiger partial charge in [-0.15, -0.1) is 5.10 Å². The minimum absolute atomic E-state index is 0.655. The largest absolute Gasteiger partial charge is 0.337 e. The second kappa shape index (κ2) is 6.68. The molecule has 1 aliphatic heterocycles. The van der Waals surface area contributed by atoms with Gasteiger partial charge in [-0.05, 0) is 38.1 Å². The molecule has 7 heteroatoms. The Morgan fingerprint density at radius 3 is 2.57 bits per heavy atom. The maximum Gasteiger partial charge on any atom is 0.247 e. The first-order valence-electron chi connectivity index (χ1n) is 7.70. The highest BCUT2D eigenvalue weighted by Crippen LogP contribution is 2.29. The molecule has 0 amide bonds. The zero-order valence-corrected chi connectivity index (χ0v) is 14.4. The molecule has 1 fully saturated rings. The molecule has 2 aromatic rings. The number of rotatable bonds is 3. The van der Waals surface area contributed by atoms with Gasteiger partial charge in [-0.1, -0.05) is 17.7 Å². The summed E-state index contributed by atoms with van der Waals surface area (Å²) in [5.41, 5.74) is 3.08. The van der Waals surface area contributed by atoms with Crippen LogP contribution in [0.15, 0.2) is 18.3 Å². The summed E-state index contributed by atoms with van der Waals surface area (Å²) in [4.78, 5) is 9.03. The summed E-state index contributed by atoms with van der Waals surface area (Å²) in [5, 5.41) is 12.2. The van der Waals surface area contributed by atoms with Crippen LogP contribution >= 0.6 is 11.6 Å². The van der Waals surface area contributed by atoms with Crippen LogP contribution in [-0.2, 0) is 0 Å². The normalized spacial score (nSPS) is 15.7. The first-order valence-corrected chi connectivity index (χ1v) is 8.08. The van der Waals surface area contributed by atoms with Gasteiger partial charge in [-0.25, -0.2) is 0 Å². The highest BCUT2D eigenvalue weighted by Gasteiger charge is 2.17. The standard InChI is InChI=1S/C16H21ClN6/c1-11-8-12(2)15(13(17)9-11)19-14-10-18-21-16(20-14)23-6-4-22(3)5-7-23/h8-10H,4-7H2,1-3H3,(H,19,20,21). The molecule has 0 unspecified atom stereocenters. The van der Waals surface area contributed by atoms with E-state index in [2.05, 4.69) is 43.4 Å². The Morgan fingerprint density at radius 2 is 1.87 bits per heavy atom. The number of nitrogens with zero attached hydrogens (tertiary/aromatic N) is 5. The van der Waals surface area contributed by atoms with Crippen LogP contribution in [0.2, 0.25) is 5.02 Å². The summed E-state index contributed by atoms with van der Waals surface area (Å²) in [6, 6.07) is 4.02. The highest BCUT2D eigenvalue weighted by molar-refractivity contribution is 6.33. The molecule has 0 bridgehead atoms. The molecular weight excluding hydrogens is 312 g/mol. The van der Waals surface area contributed by atoms with Gasteiger partial charge in [0.15, 0.2) is 5.82 Å². The fourth-order valence-corrected chi connectivity index (χ4v) is 3.07. The number of benzene rings is 1. The van der Waals surface area contributed by atoms with E-state index in [-0.39, 0.29) is 0 Å². The Labute approximate surface area is 141 Å². The van der Waals surface area contributed by atoms with E-state index in [9.17, 15) is 0 Å². The summed E-state index contributed by atoms with van der Waals surface area (Å²) in [7, 11) is 2.12. The van der Waals surface area contributed by atoms with Crippen LogP contribution in [0.3, 0.4) is 0 Å². The van der Waals surface area contributed by atoms with E-state index in [0.717, 1.165) is 43.0 Å². The highest BCUT2D eigenvalue weighted by atomic mass is 35.5. The van der Waals surface area contributed by atoms with Gasteiger partial charge in [0.25, 0.3) is 0 Å². The molecule has 0 spiro atoms. The van der Waals surface area contributed by atoms with Crippen molar-refractivity contribution in [2.24, 2.45) is 0 Å². The zero-order valence-electron chi connectivity index (χ0n) is 13.7. The minimum Gasteiger partial charge on any atom is -0.337 e. The molecule has 1 N–H and O–H groups in total. The van der Waals surface area contributed by atoms with E-state index in [1.54, 1.807) is 6.20 Å². The van der Waals surface area contributed by atoms with Crippen molar-refractivity contribution in [1.82, 2.24) is 20.1 Å². The van der Waals surface area contributed by atoms with E-state index < -0.39 is 0 Å². The lowest BCUT2D eigenvalue weighted by Crippen LogP contribution is -2.45. The molecule has 0 radical (unpaired) electrons. The van der Waals surface area contributed by atoms with Crippen LogP contribution in [0.1, 0.15) is 11.1 Å². The lowest BCUT2D eigenvalue weighted by Gasteiger charge is -2.32. The molecule has 122 valence electrons. The summed E-state index contributed by atoms with van der Waals surface area (Å²) in [6.07, 6.45) is 1.62. The maximum atomic E-state index is 6.35. The monoisotopic (exact) mass is 332 g/mol. The van der Waals surface area contributed by atoms with Crippen molar-refractivity contribution in [2.75, 3.05) is 43.4 Å². The van der Waals surface area contributed by atoms with Crippen molar-refractivity contribution in [3.63, 3.8) is 0 Å². The topological polar surface area (TPSA) is 57.2 Å².